The van der Waals surface area contributed by atoms with Gasteiger partial charge in [0.05, 0.1) is 6.61 Å². The van der Waals surface area contributed by atoms with Crippen molar-refractivity contribution in [1.82, 2.24) is 0 Å². The number of allylic oxidation sites excluding steroid dienone is 2. The van der Waals surface area contributed by atoms with Gasteiger partial charge in [-0.3, -0.25) is 4.79 Å². The zero-order chi connectivity index (χ0) is 16.2. The fourth-order valence-corrected chi connectivity index (χ4v) is 2.01. The summed E-state index contributed by atoms with van der Waals surface area (Å²) in [5.41, 5.74) is 10.2. The molecule has 0 N–H and O–H groups in total. The molecule has 5 nitrogen and oxygen atoms in total. The predicted octanol–water partition coefficient (Wildman–Crippen LogP) is 4.97. The van der Waals surface area contributed by atoms with E-state index < -0.39 is 12.0 Å². The number of unbranched alkanes of at least 4 members (excludes halogenated alkanes) is 2. The standard InChI is InChI=1S/C17H21N3O2/c1-3-5-6-7-8-11-14-12-9-10-13-15(14)16(19-20-18)17(21)22-4-2/h3,8-13,16H,1,4-7H2,2H3/b11-8+. The molecular weight excluding hydrogens is 278 g/mol. The Hall–Kier alpha value is -2.52. The Morgan fingerprint density at radius 2 is 2.23 bits per heavy atom. The molecule has 1 aromatic carbocycles. The fraction of sp³-hybridized carbons (Fsp3) is 0.353. The van der Waals surface area contributed by atoms with Crippen LogP contribution in [-0.4, -0.2) is 12.6 Å². The zero-order valence-corrected chi connectivity index (χ0v) is 12.8. The number of azide groups is 1. The molecule has 0 spiro atoms. The quantitative estimate of drug-likeness (QED) is 0.161. The van der Waals surface area contributed by atoms with Gasteiger partial charge in [0, 0.05) is 4.91 Å². The summed E-state index contributed by atoms with van der Waals surface area (Å²) in [6.45, 7) is 5.65. The van der Waals surface area contributed by atoms with E-state index in [1.807, 2.05) is 36.4 Å². The number of carbonyl (C=O) groups excluding carboxylic acids is 1. The van der Waals surface area contributed by atoms with Crippen LogP contribution in [0.25, 0.3) is 16.5 Å². The molecule has 0 aliphatic rings. The van der Waals surface area contributed by atoms with Gasteiger partial charge in [-0.25, -0.2) is 0 Å². The van der Waals surface area contributed by atoms with Crippen molar-refractivity contribution in [2.45, 2.75) is 32.2 Å². The fourth-order valence-electron chi connectivity index (χ4n) is 2.01. The van der Waals surface area contributed by atoms with Crippen molar-refractivity contribution in [2.75, 3.05) is 6.61 Å². The maximum absolute atomic E-state index is 12.0. The molecule has 0 fully saturated rings. The molecule has 116 valence electrons. The zero-order valence-electron chi connectivity index (χ0n) is 12.8. The smallest absolute Gasteiger partial charge is 0.319 e. The summed E-state index contributed by atoms with van der Waals surface area (Å²) in [4.78, 5) is 14.7. The van der Waals surface area contributed by atoms with Crippen molar-refractivity contribution in [3.05, 3.63) is 64.6 Å². The summed E-state index contributed by atoms with van der Waals surface area (Å²) in [5, 5.41) is 3.59. The van der Waals surface area contributed by atoms with Crippen molar-refractivity contribution < 1.29 is 9.53 Å². The average molecular weight is 299 g/mol. The van der Waals surface area contributed by atoms with Gasteiger partial charge < -0.3 is 4.74 Å². The van der Waals surface area contributed by atoms with Crippen molar-refractivity contribution in [1.29, 1.82) is 0 Å². The lowest BCUT2D eigenvalue weighted by Gasteiger charge is -2.13. The molecule has 0 saturated carbocycles. The first-order valence-electron chi connectivity index (χ1n) is 7.31. The van der Waals surface area contributed by atoms with Crippen LogP contribution in [-0.2, 0) is 9.53 Å². The largest absolute Gasteiger partial charge is 0.465 e. The van der Waals surface area contributed by atoms with E-state index in [4.69, 9.17) is 10.3 Å². The summed E-state index contributed by atoms with van der Waals surface area (Å²) in [5.74, 6) is -0.534. The summed E-state index contributed by atoms with van der Waals surface area (Å²) in [6, 6.07) is 6.39. The number of ether oxygens (including phenoxy) is 1. The van der Waals surface area contributed by atoms with Crippen LogP contribution in [0.15, 0.2) is 48.1 Å². The highest BCUT2D eigenvalue weighted by Gasteiger charge is 2.22. The molecule has 1 rings (SSSR count). The van der Waals surface area contributed by atoms with Crippen LogP contribution < -0.4 is 0 Å². The first-order valence-corrected chi connectivity index (χ1v) is 7.31. The van der Waals surface area contributed by atoms with E-state index in [0.717, 1.165) is 24.8 Å². The maximum Gasteiger partial charge on any atom is 0.319 e. The molecule has 1 aromatic rings. The number of benzene rings is 1. The Morgan fingerprint density at radius 1 is 1.45 bits per heavy atom. The van der Waals surface area contributed by atoms with Crippen LogP contribution in [0.3, 0.4) is 0 Å². The first kappa shape index (κ1) is 17.5. The van der Waals surface area contributed by atoms with Gasteiger partial charge in [0.2, 0.25) is 0 Å². The molecule has 1 unspecified atom stereocenters. The van der Waals surface area contributed by atoms with Crippen molar-refractivity contribution in [2.24, 2.45) is 5.11 Å². The number of hydrogen-bond acceptors (Lipinski definition) is 3. The highest BCUT2D eigenvalue weighted by molar-refractivity contribution is 5.79. The highest BCUT2D eigenvalue weighted by atomic mass is 16.5. The van der Waals surface area contributed by atoms with Crippen LogP contribution in [0, 0.1) is 0 Å². The van der Waals surface area contributed by atoms with Gasteiger partial charge >= 0.3 is 5.97 Å². The number of hydrogen-bond donors (Lipinski definition) is 0. The van der Waals surface area contributed by atoms with Crippen molar-refractivity contribution in [3.8, 4) is 0 Å². The molecule has 0 radical (unpaired) electrons. The molecule has 5 heteroatoms. The first-order chi connectivity index (χ1) is 10.7. The second kappa shape index (κ2) is 10.2. The molecule has 0 amide bonds. The highest BCUT2D eigenvalue weighted by Crippen LogP contribution is 2.24. The molecule has 1 atom stereocenters. The third-order valence-electron chi connectivity index (χ3n) is 3.04. The molecule has 0 aliphatic carbocycles. The lowest BCUT2D eigenvalue weighted by atomic mass is 10.00. The minimum Gasteiger partial charge on any atom is -0.465 e. The van der Waals surface area contributed by atoms with Crippen molar-refractivity contribution >= 4 is 12.0 Å². The molecule has 0 bridgehead atoms. The Bertz CT molecular complexity index is 575. The molecule has 0 aliphatic heterocycles. The summed E-state index contributed by atoms with van der Waals surface area (Å²) in [6.07, 6.45) is 8.79. The van der Waals surface area contributed by atoms with E-state index >= 15 is 0 Å². The van der Waals surface area contributed by atoms with Crippen LogP contribution in [0.1, 0.15) is 43.4 Å². The van der Waals surface area contributed by atoms with E-state index in [-0.39, 0.29) is 6.61 Å². The maximum atomic E-state index is 12.0. The minimum absolute atomic E-state index is 0.246. The lowest BCUT2D eigenvalue weighted by Crippen LogP contribution is -2.14. The van der Waals surface area contributed by atoms with Gasteiger partial charge in [-0.1, -0.05) is 47.6 Å². The average Bonchev–Trinajstić information content (AvgIpc) is 2.53. The molecule has 0 saturated heterocycles. The monoisotopic (exact) mass is 299 g/mol. The molecule has 0 heterocycles. The van der Waals surface area contributed by atoms with E-state index in [1.54, 1.807) is 13.0 Å². The van der Waals surface area contributed by atoms with Crippen molar-refractivity contribution in [3.63, 3.8) is 0 Å². The van der Waals surface area contributed by atoms with Gasteiger partial charge in [-0.15, -0.1) is 6.58 Å². The second-order valence-electron chi connectivity index (χ2n) is 4.61. The number of nitrogens with zero attached hydrogens (tertiary/aromatic N) is 3. The SMILES string of the molecule is C=CCCC/C=C/c1ccccc1C(N=[N+]=[N-])C(=O)OCC. The van der Waals surface area contributed by atoms with Gasteiger partial charge in [0.15, 0.2) is 6.04 Å². The third-order valence-corrected chi connectivity index (χ3v) is 3.04. The van der Waals surface area contributed by atoms with E-state index in [1.165, 1.54) is 0 Å². The van der Waals surface area contributed by atoms with Gasteiger partial charge in [0.25, 0.3) is 0 Å². The minimum atomic E-state index is -0.959. The van der Waals surface area contributed by atoms with E-state index in [0.29, 0.717) is 5.56 Å². The van der Waals surface area contributed by atoms with Gasteiger partial charge in [-0.2, -0.15) is 0 Å². The van der Waals surface area contributed by atoms with Crippen LogP contribution in [0.4, 0.5) is 0 Å². The summed E-state index contributed by atoms with van der Waals surface area (Å²) < 4.78 is 4.98. The summed E-state index contributed by atoms with van der Waals surface area (Å²) >= 11 is 0. The van der Waals surface area contributed by atoms with Gasteiger partial charge in [0.1, 0.15) is 0 Å². The Labute approximate surface area is 130 Å². The van der Waals surface area contributed by atoms with Crippen LogP contribution in [0.2, 0.25) is 0 Å². The lowest BCUT2D eigenvalue weighted by molar-refractivity contribution is -0.144. The summed E-state index contributed by atoms with van der Waals surface area (Å²) in [7, 11) is 0. The van der Waals surface area contributed by atoms with Crippen LogP contribution in [0.5, 0.6) is 0 Å². The van der Waals surface area contributed by atoms with Crippen LogP contribution >= 0.6 is 0 Å². The number of carbonyl (C=O) groups is 1. The molecular formula is C17H21N3O2. The third kappa shape index (κ3) is 5.46. The second-order valence-corrected chi connectivity index (χ2v) is 4.61. The topological polar surface area (TPSA) is 75.1 Å². The number of esters is 1. The number of rotatable bonds is 9. The predicted molar refractivity (Wildman–Crippen MR) is 88.0 cm³/mol. The normalized spacial score (nSPS) is 11.7. The van der Waals surface area contributed by atoms with E-state index in [9.17, 15) is 4.79 Å². The Kier molecular flexibility index (Phi) is 8.16. The Morgan fingerprint density at radius 3 is 2.91 bits per heavy atom. The Balaban J connectivity index is 2.98. The molecule has 0 aromatic heterocycles. The van der Waals surface area contributed by atoms with Gasteiger partial charge in [-0.05, 0) is 42.8 Å². The molecule has 22 heavy (non-hydrogen) atoms. The van der Waals surface area contributed by atoms with E-state index in [2.05, 4.69) is 16.6 Å².